The van der Waals surface area contributed by atoms with Crippen LogP contribution in [-0.2, 0) is 15.1 Å². The molecule has 2 N–H and O–H groups in total. The van der Waals surface area contributed by atoms with E-state index in [0.717, 1.165) is 17.0 Å². The van der Waals surface area contributed by atoms with E-state index in [4.69, 9.17) is 5.26 Å². The third kappa shape index (κ3) is 5.56. The van der Waals surface area contributed by atoms with E-state index in [0.29, 0.717) is 10.6 Å². The summed E-state index contributed by atoms with van der Waals surface area (Å²) < 4.78 is 40.9. The minimum atomic E-state index is -4.86. The van der Waals surface area contributed by atoms with E-state index in [1.54, 1.807) is 24.3 Å². The first-order valence-electron chi connectivity index (χ1n) is 9.42. The molecule has 1 fully saturated rings. The molecule has 1 atom stereocenters. The molecule has 0 aromatic heterocycles. The minimum absolute atomic E-state index is 0.172. The molecule has 1 aliphatic rings. The lowest BCUT2D eigenvalue weighted by molar-refractivity contribution is -0.274. The van der Waals surface area contributed by atoms with Gasteiger partial charge >= 0.3 is 12.4 Å². The molecule has 3 rings (SSSR count). The number of nitrogens with zero attached hydrogens (tertiary/aromatic N) is 2. The van der Waals surface area contributed by atoms with E-state index in [9.17, 15) is 27.6 Å². The Kier molecular flexibility index (Phi) is 6.83. The van der Waals surface area contributed by atoms with Gasteiger partial charge in [-0.05, 0) is 36.8 Å². The zero-order chi connectivity index (χ0) is 24.2. The van der Waals surface area contributed by atoms with Gasteiger partial charge in [0.15, 0.2) is 0 Å². The van der Waals surface area contributed by atoms with E-state index in [1.165, 1.54) is 30.8 Å². The molecule has 2 aromatic rings. The molecule has 33 heavy (non-hydrogen) atoms. The van der Waals surface area contributed by atoms with Crippen molar-refractivity contribution in [3.05, 3.63) is 54.1 Å². The first kappa shape index (κ1) is 23.9. The number of nitriles is 1. The topological polar surface area (TPSA) is 112 Å². The van der Waals surface area contributed by atoms with Crippen LogP contribution in [0.1, 0.15) is 12.5 Å². The van der Waals surface area contributed by atoms with Gasteiger partial charge in [-0.25, -0.2) is 4.79 Å². The minimum Gasteiger partial charge on any atom is -0.406 e. The first-order chi connectivity index (χ1) is 15.5. The van der Waals surface area contributed by atoms with Crippen LogP contribution < -0.4 is 15.4 Å². The van der Waals surface area contributed by atoms with Crippen LogP contribution in [0.3, 0.4) is 0 Å². The first-order valence-corrected chi connectivity index (χ1v) is 10.4. The maximum absolute atomic E-state index is 13.0. The maximum Gasteiger partial charge on any atom is 0.573 e. The van der Waals surface area contributed by atoms with Crippen LogP contribution in [0.2, 0.25) is 0 Å². The van der Waals surface area contributed by atoms with Crippen LogP contribution in [0.4, 0.5) is 23.7 Å². The Morgan fingerprint density at radius 3 is 2.52 bits per heavy atom. The van der Waals surface area contributed by atoms with Crippen molar-refractivity contribution in [2.75, 3.05) is 17.6 Å². The molecule has 0 radical (unpaired) electrons. The van der Waals surface area contributed by atoms with E-state index < -0.39 is 42.0 Å². The van der Waals surface area contributed by atoms with Gasteiger partial charge in [0.1, 0.15) is 17.8 Å². The highest BCUT2D eigenvalue weighted by Gasteiger charge is 2.49. The quantitative estimate of drug-likeness (QED) is 0.465. The Hall–Kier alpha value is -3.72. The molecule has 172 valence electrons. The second kappa shape index (κ2) is 9.41. The number of ether oxygens (including phenoxy) is 1. The summed E-state index contributed by atoms with van der Waals surface area (Å²) in [6, 6.07) is 12.4. The molecule has 0 spiro atoms. The number of imide groups is 1. The molecule has 4 amide bonds. The summed E-state index contributed by atoms with van der Waals surface area (Å²) in [5.74, 6) is -1.68. The predicted molar refractivity (Wildman–Crippen MR) is 112 cm³/mol. The van der Waals surface area contributed by atoms with Gasteiger partial charge in [-0.1, -0.05) is 24.3 Å². The van der Waals surface area contributed by atoms with Gasteiger partial charge in [0, 0.05) is 4.90 Å². The number of urea groups is 1. The average Bonchev–Trinajstić information content (AvgIpc) is 2.96. The van der Waals surface area contributed by atoms with Gasteiger partial charge in [-0.15, -0.1) is 24.9 Å². The number of hydrogen-bond acceptors (Lipinski definition) is 6. The number of carbonyl (C=O) groups is 3. The highest BCUT2D eigenvalue weighted by atomic mass is 32.2. The Morgan fingerprint density at radius 1 is 1.21 bits per heavy atom. The van der Waals surface area contributed by atoms with Gasteiger partial charge in [0.2, 0.25) is 5.91 Å². The Balaban J connectivity index is 1.71. The molecule has 0 aliphatic carbocycles. The maximum atomic E-state index is 13.0. The van der Waals surface area contributed by atoms with Crippen LogP contribution in [0.15, 0.2) is 53.4 Å². The van der Waals surface area contributed by atoms with Crippen molar-refractivity contribution in [1.82, 2.24) is 10.2 Å². The molecule has 0 bridgehead atoms. The van der Waals surface area contributed by atoms with Crippen molar-refractivity contribution < 1.29 is 32.3 Å². The second-order valence-corrected chi connectivity index (χ2v) is 8.03. The van der Waals surface area contributed by atoms with Crippen LogP contribution in [0.25, 0.3) is 0 Å². The average molecular weight is 478 g/mol. The third-order valence-electron chi connectivity index (χ3n) is 4.70. The highest BCUT2D eigenvalue weighted by molar-refractivity contribution is 7.99. The van der Waals surface area contributed by atoms with Crippen LogP contribution in [-0.4, -0.2) is 41.4 Å². The number of alkyl halides is 3. The molecule has 1 unspecified atom stereocenters. The number of rotatable bonds is 7. The van der Waals surface area contributed by atoms with Gasteiger partial charge in [0.05, 0.1) is 17.5 Å². The Bertz CT molecular complexity index is 1120. The van der Waals surface area contributed by atoms with Crippen molar-refractivity contribution in [3.8, 4) is 11.8 Å². The molecular weight excluding hydrogens is 461 g/mol. The summed E-state index contributed by atoms with van der Waals surface area (Å²) in [6.45, 7) is 0.811. The molecule has 12 heteroatoms. The monoisotopic (exact) mass is 478 g/mol. The second-order valence-electron chi connectivity index (χ2n) is 7.01. The SMILES string of the molecule is CC1(c2ccc(OC(F)(F)F)cc2)NC(=O)N(CC(=O)Nc2ccccc2SCC#N)C1=O. The number of nitrogens with one attached hydrogen (secondary N) is 2. The van der Waals surface area contributed by atoms with E-state index in [2.05, 4.69) is 15.4 Å². The van der Waals surface area contributed by atoms with Crippen molar-refractivity contribution in [3.63, 3.8) is 0 Å². The number of thioether (sulfide) groups is 1. The number of anilines is 1. The van der Waals surface area contributed by atoms with Gasteiger partial charge in [0.25, 0.3) is 5.91 Å². The third-order valence-corrected chi connectivity index (χ3v) is 5.64. The fraction of sp³-hybridized carbons (Fsp3) is 0.238. The Labute approximate surface area is 190 Å². The molecule has 1 heterocycles. The summed E-state index contributed by atoms with van der Waals surface area (Å²) in [4.78, 5) is 39.3. The summed E-state index contributed by atoms with van der Waals surface area (Å²) in [7, 11) is 0. The molecule has 0 saturated carbocycles. The number of benzene rings is 2. The molecule has 8 nitrogen and oxygen atoms in total. The fourth-order valence-electron chi connectivity index (χ4n) is 3.17. The number of halogens is 3. The normalized spacial score (nSPS) is 18.0. The highest BCUT2D eigenvalue weighted by Crippen LogP contribution is 2.32. The molecule has 1 saturated heterocycles. The summed E-state index contributed by atoms with van der Waals surface area (Å²) in [5, 5.41) is 13.8. The smallest absolute Gasteiger partial charge is 0.406 e. The molecular formula is C21H17F3N4O4S. The van der Waals surface area contributed by atoms with Crippen LogP contribution >= 0.6 is 11.8 Å². The van der Waals surface area contributed by atoms with Gasteiger partial charge in [-0.3, -0.25) is 14.5 Å². The van der Waals surface area contributed by atoms with Crippen molar-refractivity contribution in [2.24, 2.45) is 0 Å². The van der Waals surface area contributed by atoms with E-state index >= 15 is 0 Å². The molecule has 1 aliphatic heterocycles. The van der Waals surface area contributed by atoms with E-state index in [-0.39, 0.29) is 11.3 Å². The van der Waals surface area contributed by atoms with Crippen LogP contribution in [0, 0.1) is 11.3 Å². The Morgan fingerprint density at radius 2 is 1.88 bits per heavy atom. The van der Waals surface area contributed by atoms with Gasteiger partial charge in [-0.2, -0.15) is 5.26 Å². The van der Waals surface area contributed by atoms with Crippen LogP contribution in [0.5, 0.6) is 5.75 Å². The van der Waals surface area contributed by atoms with E-state index in [1.807, 2.05) is 6.07 Å². The van der Waals surface area contributed by atoms with Crippen molar-refractivity contribution in [1.29, 1.82) is 5.26 Å². The largest absolute Gasteiger partial charge is 0.573 e. The fourth-order valence-corrected chi connectivity index (χ4v) is 3.83. The lowest BCUT2D eigenvalue weighted by Gasteiger charge is -2.22. The number of hydrogen-bond donors (Lipinski definition) is 2. The molecule has 2 aromatic carbocycles. The summed E-state index contributed by atoms with van der Waals surface area (Å²) >= 11 is 1.22. The number of amides is 4. The summed E-state index contributed by atoms with van der Waals surface area (Å²) in [5.41, 5.74) is -0.927. The zero-order valence-electron chi connectivity index (χ0n) is 17.1. The zero-order valence-corrected chi connectivity index (χ0v) is 17.9. The predicted octanol–water partition coefficient (Wildman–Crippen LogP) is 3.61. The van der Waals surface area contributed by atoms with Crippen molar-refractivity contribution >= 4 is 35.3 Å². The lowest BCUT2D eigenvalue weighted by Crippen LogP contribution is -2.42. The number of carbonyl (C=O) groups excluding carboxylic acids is 3. The van der Waals surface area contributed by atoms with Gasteiger partial charge < -0.3 is 15.4 Å². The summed E-state index contributed by atoms with van der Waals surface area (Å²) in [6.07, 6.45) is -4.86. The standard InChI is InChI=1S/C21H17F3N4O4S/c1-20(13-6-8-14(9-7-13)32-21(22,23)24)18(30)28(19(31)27-20)12-17(29)26-15-4-2-3-5-16(15)33-11-10-25/h2-9H,11-12H2,1H3,(H,26,29)(H,27,31). The lowest BCUT2D eigenvalue weighted by atomic mass is 9.92. The van der Waals surface area contributed by atoms with Crippen molar-refractivity contribution in [2.45, 2.75) is 23.7 Å². The number of para-hydroxylation sites is 1.